The van der Waals surface area contributed by atoms with E-state index in [4.69, 9.17) is 10.00 Å². The van der Waals surface area contributed by atoms with Crippen molar-refractivity contribution in [2.24, 2.45) is 4.99 Å². The molecular formula is C28H31FN6O2. The molecule has 4 rings (SSSR count). The summed E-state index contributed by atoms with van der Waals surface area (Å²) in [6.45, 7) is 7.81. The number of ether oxygens (including phenoxy) is 1. The van der Waals surface area contributed by atoms with Crippen LogP contribution in [0.15, 0.2) is 59.6 Å². The fourth-order valence-corrected chi connectivity index (χ4v) is 4.32. The number of amides is 1. The van der Waals surface area contributed by atoms with Gasteiger partial charge in [0, 0.05) is 45.4 Å². The third-order valence-corrected chi connectivity index (χ3v) is 6.72. The summed E-state index contributed by atoms with van der Waals surface area (Å²) in [6.07, 6.45) is 8.85. The quantitative estimate of drug-likeness (QED) is 0.307. The van der Waals surface area contributed by atoms with Crippen LogP contribution < -0.4 is 4.90 Å². The Bertz CT molecular complexity index is 1250. The van der Waals surface area contributed by atoms with E-state index in [0.717, 1.165) is 29.7 Å². The number of allylic oxidation sites excluding steroid dienone is 2. The van der Waals surface area contributed by atoms with Crippen LogP contribution in [0.1, 0.15) is 47.7 Å². The maximum atomic E-state index is 14.7. The summed E-state index contributed by atoms with van der Waals surface area (Å²) in [5.41, 5.74) is 2.98. The fraction of sp³-hybridized carbons (Fsp3) is 0.393. The Morgan fingerprint density at radius 2 is 1.97 bits per heavy atom. The standard InChI is InChI=1S/C28H31FN6O2/c1-19(13-20(2)37-23-5-4-6-23)26(31-3)15-21-7-8-25(29)24(14-21)27(36)34-9-11-35(12-10-34)28-32-17-22(16-30)18-33-28/h7-8,13-14,17-18,23H,2,4-6,9-12,15H2,1,3H3/b19-13+,31-26?. The van der Waals surface area contributed by atoms with Crippen LogP contribution in [0.25, 0.3) is 0 Å². The molecule has 9 heteroatoms. The molecule has 1 saturated heterocycles. The van der Waals surface area contributed by atoms with Gasteiger partial charge in [-0.25, -0.2) is 14.4 Å². The number of carbonyl (C=O) groups is 1. The van der Waals surface area contributed by atoms with Gasteiger partial charge in [0.05, 0.1) is 29.6 Å². The molecule has 2 aliphatic rings. The normalized spacial score (nSPS) is 16.7. The molecule has 0 spiro atoms. The summed E-state index contributed by atoms with van der Waals surface area (Å²) in [5, 5.41) is 8.91. The third-order valence-electron chi connectivity index (χ3n) is 6.72. The summed E-state index contributed by atoms with van der Waals surface area (Å²) < 4.78 is 20.6. The Morgan fingerprint density at radius 1 is 1.27 bits per heavy atom. The second-order valence-corrected chi connectivity index (χ2v) is 9.29. The summed E-state index contributed by atoms with van der Waals surface area (Å²) in [7, 11) is 1.72. The van der Waals surface area contributed by atoms with E-state index in [1.807, 2.05) is 24.0 Å². The molecule has 0 N–H and O–H groups in total. The first-order valence-electron chi connectivity index (χ1n) is 12.4. The zero-order valence-corrected chi connectivity index (χ0v) is 21.3. The topological polar surface area (TPSA) is 94.7 Å². The number of hydrogen-bond donors (Lipinski definition) is 0. The van der Waals surface area contributed by atoms with Gasteiger partial charge < -0.3 is 14.5 Å². The Hall–Kier alpha value is -4.06. The van der Waals surface area contributed by atoms with Gasteiger partial charge in [-0.3, -0.25) is 9.79 Å². The molecule has 0 atom stereocenters. The molecule has 1 aromatic heterocycles. The van der Waals surface area contributed by atoms with Gasteiger partial charge in [-0.05, 0) is 55.5 Å². The molecule has 1 saturated carbocycles. The highest BCUT2D eigenvalue weighted by Gasteiger charge is 2.26. The van der Waals surface area contributed by atoms with Gasteiger partial charge in [-0.1, -0.05) is 12.6 Å². The van der Waals surface area contributed by atoms with Crippen LogP contribution in [-0.4, -0.2) is 65.8 Å². The van der Waals surface area contributed by atoms with Gasteiger partial charge in [0.15, 0.2) is 0 Å². The largest absolute Gasteiger partial charge is 0.491 e. The second-order valence-electron chi connectivity index (χ2n) is 9.29. The van der Waals surface area contributed by atoms with Crippen molar-refractivity contribution in [3.05, 3.63) is 77.1 Å². The van der Waals surface area contributed by atoms with Crippen LogP contribution in [0.5, 0.6) is 0 Å². The first kappa shape index (κ1) is 26.0. The SMILES string of the molecule is C=C(/C=C(\C)C(Cc1ccc(F)c(C(=O)N2CCN(c3ncc(C#N)cn3)CC2)c1)=NC)OC1CCC1. The first-order valence-corrected chi connectivity index (χ1v) is 12.4. The molecule has 1 aromatic carbocycles. The molecule has 0 radical (unpaired) electrons. The van der Waals surface area contributed by atoms with E-state index < -0.39 is 5.82 Å². The van der Waals surface area contributed by atoms with Gasteiger partial charge in [0.25, 0.3) is 5.91 Å². The average molecular weight is 503 g/mol. The lowest BCUT2D eigenvalue weighted by atomic mass is 9.96. The third kappa shape index (κ3) is 6.39. The highest BCUT2D eigenvalue weighted by Crippen LogP contribution is 2.25. The number of rotatable bonds is 8. The molecule has 1 aliphatic carbocycles. The molecule has 2 heterocycles. The lowest BCUT2D eigenvalue weighted by molar-refractivity contribution is 0.0598. The minimum Gasteiger partial charge on any atom is -0.491 e. The highest BCUT2D eigenvalue weighted by molar-refractivity contribution is 6.01. The van der Waals surface area contributed by atoms with Crippen molar-refractivity contribution in [3.63, 3.8) is 0 Å². The van der Waals surface area contributed by atoms with Gasteiger partial charge in [-0.2, -0.15) is 5.26 Å². The number of piperazine rings is 1. The number of aliphatic imine (C=N–C) groups is 1. The zero-order valence-electron chi connectivity index (χ0n) is 21.3. The lowest BCUT2D eigenvalue weighted by Gasteiger charge is -2.34. The maximum Gasteiger partial charge on any atom is 0.256 e. The lowest BCUT2D eigenvalue weighted by Crippen LogP contribution is -2.49. The molecule has 2 fully saturated rings. The minimum atomic E-state index is -0.545. The monoisotopic (exact) mass is 502 g/mol. The number of nitrogens with zero attached hydrogens (tertiary/aromatic N) is 6. The van der Waals surface area contributed by atoms with E-state index in [-0.39, 0.29) is 17.6 Å². The van der Waals surface area contributed by atoms with Crippen molar-refractivity contribution < 1.29 is 13.9 Å². The van der Waals surface area contributed by atoms with Crippen LogP contribution in [0.2, 0.25) is 0 Å². The van der Waals surface area contributed by atoms with E-state index >= 15 is 0 Å². The molecule has 37 heavy (non-hydrogen) atoms. The molecule has 8 nitrogen and oxygen atoms in total. The molecule has 2 aromatic rings. The fourth-order valence-electron chi connectivity index (χ4n) is 4.32. The first-order chi connectivity index (χ1) is 17.9. The summed E-state index contributed by atoms with van der Waals surface area (Å²) >= 11 is 0. The van der Waals surface area contributed by atoms with Gasteiger partial charge in [0.2, 0.25) is 5.95 Å². The van der Waals surface area contributed by atoms with E-state index in [9.17, 15) is 9.18 Å². The van der Waals surface area contributed by atoms with Crippen LogP contribution in [-0.2, 0) is 11.2 Å². The van der Waals surface area contributed by atoms with E-state index in [0.29, 0.717) is 49.9 Å². The number of aromatic nitrogens is 2. The summed E-state index contributed by atoms with van der Waals surface area (Å²) in [4.78, 5) is 29.6. The van der Waals surface area contributed by atoms with Crippen molar-refractivity contribution >= 4 is 17.6 Å². The highest BCUT2D eigenvalue weighted by atomic mass is 19.1. The molecule has 1 amide bonds. The maximum absolute atomic E-state index is 14.7. The van der Waals surface area contributed by atoms with Crippen molar-refractivity contribution in [1.29, 1.82) is 5.26 Å². The summed E-state index contributed by atoms with van der Waals surface area (Å²) in [6, 6.07) is 6.64. The molecular weight excluding hydrogens is 471 g/mol. The van der Waals surface area contributed by atoms with Gasteiger partial charge >= 0.3 is 0 Å². The van der Waals surface area contributed by atoms with Crippen LogP contribution in [0.3, 0.4) is 0 Å². The smallest absolute Gasteiger partial charge is 0.256 e. The van der Waals surface area contributed by atoms with E-state index in [2.05, 4.69) is 21.5 Å². The zero-order chi connectivity index (χ0) is 26.4. The number of nitriles is 1. The van der Waals surface area contributed by atoms with Crippen LogP contribution in [0, 0.1) is 17.1 Å². The van der Waals surface area contributed by atoms with Gasteiger partial charge in [-0.15, -0.1) is 0 Å². The Morgan fingerprint density at radius 3 is 2.57 bits per heavy atom. The number of carbonyl (C=O) groups excluding carboxylic acids is 1. The minimum absolute atomic E-state index is 0.0513. The number of anilines is 1. The number of hydrogen-bond acceptors (Lipinski definition) is 7. The average Bonchev–Trinajstić information content (AvgIpc) is 2.90. The van der Waals surface area contributed by atoms with Crippen LogP contribution in [0.4, 0.5) is 10.3 Å². The van der Waals surface area contributed by atoms with Crippen molar-refractivity contribution in [2.75, 3.05) is 38.1 Å². The van der Waals surface area contributed by atoms with Crippen molar-refractivity contribution in [2.45, 2.75) is 38.7 Å². The Kier molecular flexibility index (Phi) is 8.29. The molecule has 0 bridgehead atoms. The molecule has 1 aliphatic heterocycles. The number of benzene rings is 1. The van der Waals surface area contributed by atoms with Crippen LogP contribution >= 0.6 is 0 Å². The molecule has 192 valence electrons. The molecule has 0 unspecified atom stereocenters. The predicted molar refractivity (Wildman–Crippen MR) is 140 cm³/mol. The van der Waals surface area contributed by atoms with Crippen molar-refractivity contribution in [1.82, 2.24) is 14.9 Å². The van der Waals surface area contributed by atoms with Crippen molar-refractivity contribution in [3.8, 4) is 6.07 Å². The predicted octanol–water partition coefficient (Wildman–Crippen LogP) is 4.09. The Balaban J connectivity index is 1.39. The summed E-state index contributed by atoms with van der Waals surface area (Å²) in [5.74, 6) is 0.235. The number of halogens is 1. The van der Waals surface area contributed by atoms with E-state index in [1.165, 1.54) is 24.9 Å². The van der Waals surface area contributed by atoms with Gasteiger partial charge in [0.1, 0.15) is 17.6 Å². The van der Waals surface area contributed by atoms with E-state index in [1.54, 1.807) is 24.1 Å². The second kappa shape index (κ2) is 11.8. The Labute approximate surface area is 216 Å².